The van der Waals surface area contributed by atoms with Crippen LogP contribution in [0.1, 0.15) is 19.8 Å². The first-order valence-electron chi connectivity index (χ1n) is 5.31. The zero-order valence-electron chi connectivity index (χ0n) is 9.01. The highest BCUT2D eigenvalue weighted by molar-refractivity contribution is 5.76. The van der Waals surface area contributed by atoms with Crippen LogP contribution in [0.2, 0.25) is 0 Å². The molecule has 82 valence electrons. The van der Waals surface area contributed by atoms with Gasteiger partial charge < -0.3 is 15.4 Å². The Morgan fingerprint density at radius 1 is 1.57 bits per heavy atom. The van der Waals surface area contributed by atoms with Crippen LogP contribution < -0.4 is 10.6 Å². The van der Waals surface area contributed by atoms with Gasteiger partial charge in [-0.3, -0.25) is 4.79 Å². The first-order valence-corrected chi connectivity index (χ1v) is 5.31. The highest BCUT2D eigenvalue weighted by Gasteiger charge is 2.29. The smallest absolute Gasteiger partial charge is 0.323 e. The van der Waals surface area contributed by atoms with Crippen molar-refractivity contribution in [2.45, 2.75) is 25.8 Å². The molecular formula is C10H20N2O2. The summed E-state index contributed by atoms with van der Waals surface area (Å²) in [7, 11) is 1.45. The lowest BCUT2D eigenvalue weighted by atomic mass is 9.90. The number of carbonyl (C=O) groups excluding carboxylic acids is 1. The lowest BCUT2D eigenvalue weighted by Gasteiger charge is -2.29. The molecule has 4 nitrogen and oxygen atoms in total. The van der Waals surface area contributed by atoms with Crippen LogP contribution in [-0.2, 0) is 9.53 Å². The summed E-state index contributed by atoms with van der Waals surface area (Å²) in [4.78, 5) is 11.5. The number of likely N-dealkylation sites (N-methyl/N-ethyl adjacent to an activating group) is 1. The molecular weight excluding hydrogens is 180 g/mol. The first-order chi connectivity index (χ1) is 6.79. The highest BCUT2D eigenvalue weighted by atomic mass is 16.5. The maximum Gasteiger partial charge on any atom is 0.323 e. The zero-order chi connectivity index (χ0) is 10.4. The minimum Gasteiger partial charge on any atom is -0.468 e. The normalized spacial score (nSPS) is 20.4. The molecule has 0 saturated carbocycles. The van der Waals surface area contributed by atoms with Gasteiger partial charge in [-0.05, 0) is 38.4 Å². The van der Waals surface area contributed by atoms with E-state index < -0.39 is 0 Å². The lowest BCUT2D eigenvalue weighted by molar-refractivity contribution is -0.144. The van der Waals surface area contributed by atoms with Gasteiger partial charge in [-0.1, -0.05) is 6.92 Å². The molecule has 1 unspecified atom stereocenters. The van der Waals surface area contributed by atoms with Crippen molar-refractivity contribution in [3.8, 4) is 0 Å². The van der Waals surface area contributed by atoms with E-state index in [1.54, 1.807) is 0 Å². The monoisotopic (exact) mass is 200 g/mol. The summed E-state index contributed by atoms with van der Waals surface area (Å²) in [6.45, 7) is 4.83. The van der Waals surface area contributed by atoms with E-state index in [1.807, 2.05) is 6.92 Å². The number of rotatable bonds is 4. The summed E-state index contributed by atoms with van der Waals surface area (Å²) in [5, 5.41) is 6.49. The van der Waals surface area contributed by atoms with Crippen LogP contribution in [0, 0.1) is 5.92 Å². The van der Waals surface area contributed by atoms with E-state index in [0.717, 1.165) is 32.5 Å². The van der Waals surface area contributed by atoms with Crippen LogP contribution >= 0.6 is 0 Å². The summed E-state index contributed by atoms with van der Waals surface area (Å²) in [6, 6.07) is -0.118. The summed E-state index contributed by atoms with van der Waals surface area (Å²) < 4.78 is 4.80. The maximum absolute atomic E-state index is 11.5. The van der Waals surface area contributed by atoms with Gasteiger partial charge in [-0.2, -0.15) is 0 Å². The van der Waals surface area contributed by atoms with E-state index in [-0.39, 0.29) is 12.0 Å². The Hall–Kier alpha value is -0.610. The fourth-order valence-corrected chi connectivity index (χ4v) is 1.97. The molecule has 0 aromatic rings. The number of carbonyl (C=O) groups is 1. The fraction of sp³-hybridized carbons (Fsp3) is 0.900. The average Bonchev–Trinajstić information content (AvgIpc) is 2.26. The molecule has 1 aliphatic rings. The Labute approximate surface area is 85.4 Å². The summed E-state index contributed by atoms with van der Waals surface area (Å²) in [5.41, 5.74) is 0. The number of methoxy groups -OCH3 is 1. The molecule has 0 spiro atoms. The number of hydrogen-bond acceptors (Lipinski definition) is 4. The molecule has 1 aliphatic heterocycles. The number of ether oxygens (including phenoxy) is 1. The number of nitrogens with one attached hydrogen (secondary N) is 2. The van der Waals surface area contributed by atoms with Gasteiger partial charge in [0.25, 0.3) is 0 Å². The third-order valence-electron chi connectivity index (χ3n) is 2.73. The Morgan fingerprint density at radius 3 is 2.71 bits per heavy atom. The fourth-order valence-electron chi connectivity index (χ4n) is 1.97. The molecule has 4 heteroatoms. The largest absolute Gasteiger partial charge is 0.468 e. The Morgan fingerprint density at radius 2 is 2.21 bits per heavy atom. The van der Waals surface area contributed by atoms with Gasteiger partial charge in [0.15, 0.2) is 0 Å². The molecule has 0 radical (unpaired) electrons. The van der Waals surface area contributed by atoms with E-state index in [1.165, 1.54) is 7.11 Å². The van der Waals surface area contributed by atoms with Crippen molar-refractivity contribution in [2.24, 2.45) is 5.92 Å². The zero-order valence-corrected chi connectivity index (χ0v) is 9.01. The van der Waals surface area contributed by atoms with Crippen LogP contribution in [0.5, 0.6) is 0 Å². The SMILES string of the molecule is CCNC(C(=O)OC)C1CCNCC1. The minimum atomic E-state index is -0.126. The van der Waals surface area contributed by atoms with Gasteiger partial charge in [-0.25, -0.2) is 0 Å². The third kappa shape index (κ3) is 2.96. The van der Waals surface area contributed by atoms with E-state index in [4.69, 9.17) is 4.74 Å². The predicted octanol–water partition coefficient (Wildman–Crippen LogP) is 0.137. The molecule has 1 fully saturated rings. The minimum absolute atomic E-state index is 0.118. The van der Waals surface area contributed by atoms with Gasteiger partial charge in [0.2, 0.25) is 0 Å². The number of piperidine rings is 1. The van der Waals surface area contributed by atoms with Crippen molar-refractivity contribution in [2.75, 3.05) is 26.7 Å². The average molecular weight is 200 g/mol. The van der Waals surface area contributed by atoms with Crippen LogP contribution in [0.25, 0.3) is 0 Å². The van der Waals surface area contributed by atoms with E-state index in [9.17, 15) is 4.79 Å². The van der Waals surface area contributed by atoms with E-state index in [0.29, 0.717) is 5.92 Å². The van der Waals surface area contributed by atoms with Crippen LogP contribution in [0.15, 0.2) is 0 Å². The van der Waals surface area contributed by atoms with Crippen molar-refractivity contribution in [1.29, 1.82) is 0 Å². The number of esters is 1. The molecule has 0 aliphatic carbocycles. The van der Waals surface area contributed by atoms with Crippen molar-refractivity contribution >= 4 is 5.97 Å². The summed E-state index contributed by atoms with van der Waals surface area (Å²) in [6.07, 6.45) is 2.10. The molecule has 1 atom stereocenters. The Bertz CT molecular complexity index is 179. The van der Waals surface area contributed by atoms with Crippen molar-refractivity contribution < 1.29 is 9.53 Å². The molecule has 14 heavy (non-hydrogen) atoms. The van der Waals surface area contributed by atoms with Crippen molar-refractivity contribution in [1.82, 2.24) is 10.6 Å². The van der Waals surface area contributed by atoms with Gasteiger partial charge in [0, 0.05) is 0 Å². The second-order valence-electron chi connectivity index (χ2n) is 3.65. The maximum atomic E-state index is 11.5. The van der Waals surface area contributed by atoms with Gasteiger partial charge in [0.05, 0.1) is 7.11 Å². The van der Waals surface area contributed by atoms with Crippen LogP contribution in [0.3, 0.4) is 0 Å². The third-order valence-corrected chi connectivity index (χ3v) is 2.73. The highest BCUT2D eigenvalue weighted by Crippen LogP contribution is 2.17. The Balaban J connectivity index is 2.50. The van der Waals surface area contributed by atoms with E-state index >= 15 is 0 Å². The summed E-state index contributed by atoms with van der Waals surface area (Å²) >= 11 is 0. The van der Waals surface area contributed by atoms with Gasteiger partial charge >= 0.3 is 5.97 Å². The molecule has 0 bridgehead atoms. The second-order valence-corrected chi connectivity index (χ2v) is 3.65. The summed E-state index contributed by atoms with van der Waals surface area (Å²) in [5.74, 6) is 0.294. The first kappa shape index (κ1) is 11.5. The molecule has 0 aromatic heterocycles. The quantitative estimate of drug-likeness (QED) is 0.634. The molecule has 2 N–H and O–H groups in total. The molecule has 0 amide bonds. The topological polar surface area (TPSA) is 50.4 Å². The van der Waals surface area contributed by atoms with Crippen LogP contribution in [0.4, 0.5) is 0 Å². The van der Waals surface area contributed by atoms with Crippen molar-refractivity contribution in [3.63, 3.8) is 0 Å². The second kappa shape index (κ2) is 5.98. The standard InChI is InChI=1S/C10H20N2O2/c1-3-12-9(10(13)14-2)8-4-6-11-7-5-8/h8-9,11-12H,3-7H2,1-2H3. The van der Waals surface area contributed by atoms with Crippen LogP contribution in [-0.4, -0.2) is 38.8 Å². The van der Waals surface area contributed by atoms with E-state index in [2.05, 4.69) is 10.6 Å². The number of hydrogen-bond donors (Lipinski definition) is 2. The molecule has 1 saturated heterocycles. The molecule has 1 heterocycles. The predicted molar refractivity (Wildman–Crippen MR) is 55.1 cm³/mol. The Kier molecular flexibility index (Phi) is 4.90. The lowest BCUT2D eigenvalue weighted by Crippen LogP contribution is -2.47. The van der Waals surface area contributed by atoms with Crippen molar-refractivity contribution in [3.05, 3.63) is 0 Å². The molecule has 0 aromatic carbocycles. The van der Waals surface area contributed by atoms with Gasteiger partial charge in [-0.15, -0.1) is 0 Å². The van der Waals surface area contributed by atoms with Gasteiger partial charge in [0.1, 0.15) is 6.04 Å². The molecule has 1 rings (SSSR count).